The maximum atomic E-state index is 12.3. The Hall–Kier alpha value is -4.11. The third-order valence-corrected chi connectivity index (χ3v) is 6.73. The van der Waals surface area contributed by atoms with Crippen LogP contribution in [-0.4, -0.2) is 59.1 Å². The van der Waals surface area contributed by atoms with Crippen LogP contribution in [0.1, 0.15) is 34.7 Å². The minimum atomic E-state index is -0.160. The lowest BCUT2D eigenvalue weighted by atomic mass is 10.1. The lowest BCUT2D eigenvalue weighted by Gasteiger charge is -2.30. The first-order valence-electron chi connectivity index (χ1n) is 12.4. The van der Waals surface area contributed by atoms with Crippen molar-refractivity contribution in [2.75, 3.05) is 43.4 Å². The molecule has 6 rings (SSSR count). The number of pyridine rings is 2. The van der Waals surface area contributed by atoms with Crippen LogP contribution in [0.4, 0.5) is 17.3 Å². The number of carbonyl (C=O) groups excluding carboxylic acids is 1. The van der Waals surface area contributed by atoms with Crippen molar-refractivity contribution < 1.29 is 4.79 Å². The van der Waals surface area contributed by atoms with Gasteiger partial charge in [0, 0.05) is 56.6 Å². The summed E-state index contributed by atoms with van der Waals surface area (Å²) in [5.74, 6) is 2.62. The molecule has 1 aromatic carbocycles. The van der Waals surface area contributed by atoms with Crippen molar-refractivity contribution in [3.63, 3.8) is 0 Å². The van der Waals surface area contributed by atoms with Gasteiger partial charge in [0.25, 0.3) is 5.91 Å². The first kappa shape index (κ1) is 22.4. The third kappa shape index (κ3) is 4.33. The van der Waals surface area contributed by atoms with Crippen LogP contribution in [0.3, 0.4) is 0 Å². The topological polar surface area (TPSA) is 108 Å². The number of piperazine rings is 1. The van der Waals surface area contributed by atoms with E-state index in [9.17, 15) is 4.79 Å². The summed E-state index contributed by atoms with van der Waals surface area (Å²) in [6.07, 6.45) is 7.96. The van der Waals surface area contributed by atoms with E-state index in [1.165, 1.54) is 18.4 Å². The molecule has 0 bridgehead atoms. The quantitative estimate of drug-likeness (QED) is 0.385. The van der Waals surface area contributed by atoms with Crippen LogP contribution in [0.15, 0.2) is 55.0 Å². The smallest absolute Gasteiger partial charge is 0.253 e. The molecule has 0 radical (unpaired) electrons. The van der Waals surface area contributed by atoms with Gasteiger partial charge in [-0.3, -0.25) is 9.78 Å². The molecular weight excluding hydrogens is 452 g/mol. The Morgan fingerprint density at radius 3 is 2.72 bits per heavy atom. The van der Waals surface area contributed by atoms with Crippen molar-refractivity contribution in [1.29, 1.82) is 0 Å². The van der Waals surface area contributed by atoms with Gasteiger partial charge in [-0.25, -0.2) is 15.0 Å². The number of hydrogen-bond acceptors (Lipinski definition) is 8. The standard InChI is InChI=1S/C27H28N8O/c1-28-27(36)19-4-2-3-5-21(19)32-23-14-18(8-9-31-23)25-33-22-16-30-15-20(17-6-7-17)24(22)26(34-25)35-12-10-29-11-13-35/h2-5,8-9,14-17,29H,6-7,10-13H2,1H3,(H,28,36)(H,31,32). The molecule has 2 aliphatic rings. The molecule has 0 atom stereocenters. The maximum Gasteiger partial charge on any atom is 0.253 e. The molecule has 9 nitrogen and oxygen atoms in total. The summed E-state index contributed by atoms with van der Waals surface area (Å²) in [5.41, 5.74) is 4.21. The Bertz CT molecular complexity index is 1430. The zero-order valence-corrected chi connectivity index (χ0v) is 20.2. The van der Waals surface area contributed by atoms with E-state index in [1.54, 1.807) is 19.3 Å². The average molecular weight is 481 g/mol. The van der Waals surface area contributed by atoms with Gasteiger partial charge in [-0.2, -0.15) is 0 Å². The van der Waals surface area contributed by atoms with E-state index in [2.05, 4.69) is 30.8 Å². The van der Waals surface area contributed by atoms with Crippen LogP contribution in [0.5, 0.6) is 0 Å². The summed E-state index contributed by atoms with van der Waals surface area (Å²) in [6.45, 7) is 3.66. The van der Waals surface area contributed by atoms with E-state index < -0.39 is 0 Å². The number of amides is 1. The van der Waals surface area contributed by atoms with E-state index in [0.717, 1.165) is 48.5 Å². The number of anilines is 3. The van der Waals surface area contributed by atoms with E-state index in [0.29, 0.717) is 28.8 Å². The average Bonchev–Trinajstić information content (AvgIpc) is 3.78. The first-order valence-corrected chi connectivity index (χ1v) is 12.4. The number of aromatic nitrogens is 4. The molecule has 4 heterocycles. The van der Waals surface area contributed by atoms with Gasteiger partial charge in [0.15, 0.2) is 5.82 Å². The van der Waals surface area contributed by atoms with Crippen molar-refractivity contribution in [3.05, 3.63) is 66.1 Å². The van der Waals surface area contributed by atoms with Gasteiger partial charge >= 0.3 is 0 Å². The molecule has 9 heteroatoms. The second kappa shape index (κ2) is 9.50. The zero-order valence-electron chi connectivity index (χ0n) is 20.2. The lowest BCUT2D eigenvalue weighted by Crippen LogP contribution is -2.44. The summed E-state index contributed by atoms with van der Waals surface area (Å²) in [5, 5.41) is 10.5. The predicted octanol–water partition coefficient (Wildman–Crippen LogP) is 3.48. The van der Waals surface area contributed by atoms with Crippen LogP contribution < -0.4 is 20.9 Å². The van der Waals surface area contributed by atoms with Crippen molar-refractivity contribution in [2.45, 2.75) is 18.8 Å². The van der Waals surface area contributed by atoms with Crippen molar-refractivity contribution in [1.82, 2.24) is 30.6 Å². The Morgan fingerprint density at radius 2 is 1.92 bits per heavy atom. The molecule has 1 aliphatic heterocycles. The Labute approximate surface area is 209 Å². The van der Waals surface area contributed by atoms with Crippen LogP contribution in [0, 0.1) is 0 Å². The highest BCUT2D eigenvalue weighted by Gasteiger charge is 2.29. The predicted molar refractivity (Wildman–Crippen MR) is 141 cm³/mol. The molecule has 1 aliphatic carbocycles. The van der Waals surface area contributed by atoms with Crippen molar-refractivity contribution in [3.8, 4) is 11.4 Å². The second-order valence-corrected chi connectivity index (χ2v) is 9.18. The highest BCUT2D eigenvalue weighted by atomic mass is 16.1. The van der Waals surface area contributed by atoms with Crippen molar-refractivity contribution >= 4 is 34.1 Å². The number of rotatable bonds is 6. The Morgan fingerprint density at radius 1 is 1.08 bits per heavy atom. The third-order valence-electron chi connectivity index (χ3n) is 6.73. The number of fused-ring (bicyclic) bond motifs is 1. The summed E-state index contributed by atoms with van der Waals surface area (Å²) >= 11 is 0. The normalized spacial score (nSPS) is 15.6. The molecule has 3 N–H and O–H groups in total. The molecule has 0 spiro atoms. The van der Waals surface area contributed by atoms with Crippen LogP contribution in [0.25, 0.3) is 22.3 Å². The SMILES string of the molecule is CNC(=O)c1ccccc1Nc1cc(-c2nc(N3CCNCC3)c3c(C4CC4)cncc3n2)ccn1. The van der Waals surface area contributed by atoms with E-state index in [-0.39, 0.29) is 5.91 Å². The minimum absolute atomic E-state index is 0.160. The fraction of sp³-hybridized carbons (Fsp3) is 0.296. The maximum absolute atomic E-state index is 12.3. The van der Waals surface area contributed by atoms with Gasteiger partial charge in [0.05, 0.1) is 23.0 Å². The van der Waals surface area contributed by atoms with E-state index >= 15 is 0 Å². The van der Waals surface area contributed by atoms with Crippen LogP contribution in [-0.2, 0) is 0 Å². The molecule has 1 amide bonds. The summed E-state index contributed by atoms with van der Waals surface area (Å²) in [6, 6.07) is 11.2. The van der Waals surface area contributed by atoms with Crippen LogP contribution >= 0.6 is 0 Å². The highest BCUT2D eigenvalue weighted by Crippen LogP contribution is 2.44. The number of para-hydroxylation sites is 1. The molecule has 36 heavy (non-hydrogen) atoms. The van der Waals surface area contributed by atoms with Gasteiger partial charge < -0.3 is 20.9 Å². The lowest BCUT2D eigenvalue weighted by molar-refractivity contribution is 0.0964. The summed E-state index contributed by atoms with van der Waals surface area (Å²) in [7, 11) is 1.62. The van der Waals surface area contributed by atoms with Gasteiger partial charge in [-0.15, -0.1) is 0 Å². The second-order valence-electron chi connectivity index (χ2n) is 9.18. The number of nitrogens with zero attached hydrogens (tertiary/aromatic N) is 5. The monoisotopic (exact) mass is 480 g/mol. The molecule has 1 saturated heterocycles. The summed E-state index contributed by atoms with van der Waals surface area (Å²) in [4.78, 5) is 33.7. The van der Waals surface area contributed by atoms with Gasteiger partial charge in [-0.05, 0) is 48.6 Å². The first-order chi connectivity index (χ1) is 17.7. The minimum Gasteiger partial charge on any atom is -0.355 e. The molecule has 3 aromatic heterocycles. The van der Waals surface area contributed by atoms with E-state index in [1.807, 2.05) is 42.7 Å². The molecule has 182 valence electrons. The zero-order chi connectivity index (χ0) is 24.5. The largest absolute Gasteiger partial charge is 0.355 e. The molecule has 4 aromatic rings. The number of hydrogen-bond donors (Lipinski definition) is 3. The van der Waals surface area contributed by atoms with Gasteiger partial charge in [-0.1, -0.05) is 12.1 Å². The summed E-state index contributed by atoms with van der Waals surface area (Å²) < 4.78 is 0. The number of carbonyl (C=O) groups is 1. The molecule has 2 fully saturated rings. The number of nitrogens with one attached hydrogen (secondary N) is 3. The van der Waals surface area contributed by atoms with Crippen molar-refractivity contribution in [2.24, 2.45) is 0 Å². The van der Waals surface area contributed by atoms with E-state index in [4.69, 9.17) is 9.97 Å². The molecular formula is C27H28N8O. The molecule has 1 saturated carbocycles. The van der Waals surface area contributed by atoms with Gasteiger partial charge in [0.2, 0.25) is 0 Å². The Kier molecular flexibility index (Phi) is 5.90. The van der Waals surface area contributed by atoms with Crippen LogP contribution in [0.2, 0.25) is 0 Å². The number of benzene rings is 1. The highest BCUT2D eigenvalue weighted by molar-refractivity contribution is 6.00. The van der Waals surface area contributed by atoms with Gasteiger partial charge in [0.1, 0.15) is 11.6 Å². The fourth-order valence-corrected chi connectivity index (χ4v) is 4.73. The Balaban J connectivity index is 1.41. The molecule has 0 unspecified atom stereocenters. The fourth-order valence-electron chi connectivity index (χ4n) is 4.73.